The van der Waals surface area contributed by atoms with E-state index in [-0.39, 0.29) is 0 Å². The molecule has 0 radical (unpaired) electrons. The summed E-state index contributed by atoms with van der Waals surface area (Å²) in [4.78, 5) is 0. The Morgan fingerprint density at radius 2 is 1.80 bits per heavy atom. The summed E-state index contributed by atoms with van der Waals surface area (Å²) in [5, 5.41) is 2.80. The molecule has 0 fully saturated rings. The molecule has 0 saturated heterocycles. The Kier molecular flexibility index (Phi) is 9.18. The van der Waals surface area contributed by atoms with Crippen LogP contribution in [-0.2, 0) is 27.3 Å². The second-order valence-corrected chi connectivity index (χ2v) is 8.07. The van der Waals surface area contributed by atoms with Gasteiger partial charge in [0.05, 0.1) is 0 Å². The number of aryl methyl sites for hydroxylation is 2. The Morgan fingerprint density at radius 3 is 2.30 bits per heavy atom. The predicted molar refractivity (Wildman–Crippen MR) is 87.4 cm³/mol. The van der Waals surface area contributed by atoms with Gasteiger partial charge in [-0.2, -0.15) is 24.3 Å². The summed E-state index contributed by atoms with van der Waals surface area (Å²) in [6.45, 7) is 4.34. The van der Waals surface area contributed by atoms with E-state index in [4.69, 9.17) is 17.0 Å². The number of halogens is 2. The fraction of sp³-hybridized carbons (Fsp3) is 0.176. The van der Waals surface area contributed by atoms with Crippen molar-refractivity contribution in [3.05, 3.63) is 71.8 Å². The van der Waals surface area contributed by atoms with Crippen LogP contribution < -0.4 is 0 Å². The fourth-order valence-electron chi connectivity index (χ4n) is 2.02. The summed E-state index contributed by atoms with van der Waals surface area (Å²) in [5.74, 6) is 0. The topological polar surface area (TPSA) is 0 Å². The molecule has 3 heteroatoms. The van der Waals surface area contributed by atoms with Crippen molar-refractivity contribution in [3.63, 3.8) is 0 Å². The zero-order valence-corrected chi connectivity index (χ0v) is 15.7. The van der Waals surface area contributed by atoms with Gasteiger partial charge in [0.25, 0.3) is 0 Å². The predicted octanol–water partition coefficient (Wildman–Crippen LogP) is 6.21. The summed E-state index contributed by atoms with van der Waals surface area (Å²) in [5.41, 5.74) is 2.81. The first-order valence-electron chi connectivity index (χ1n) is 6.50. The van der Waals surface area contributed by atoms with Gasteiger partial charge >= 0.3 is 37.9 Å². The van der Waals surface area contributed by atoms with Gasteiger partial charge < -0.3 is 0 Å². The number of hydrogen-bond acceptors (Lipinski definition) is 0. The van der Waals surface area contributed by atoms with Crippen LogP contribution in [0.4, 0.5) is 0 Å². The standard InChI is InChI=1S/C12H13.C5H5.2ClH.Zr/c1-3-10-5-6-11-8-9(2)4-7-12(10)11;1-2-4-5-3-1;;;/h4-8H,3H2,1-2H3;1-5H;2*1H;/q2*-1;;;+4/p-2. The SMILES string of the molecule is CC[c-]1ccc2cc(C)ccc21.[Cl][Zr+2][Cl].c1cc[cH-]c1. The van der Waals surface area contributed by atoms with Crippen molar-refractivity contribution in [2.45, 2.75) is 20.3 Å². The molecule has 3 rings (SSSR count). The molecule has 104 valence electrons. The van der Waals surface area contributed by atoms with Gasteiger partial charge in [-0.05, 0) is 6.92 Å². The number of benzene rings is 1. The van der Waals surface area contributed by atoms with Gasteiger partial charge in [-0.25, -0.2) is 12.1 Å². The number of rotatable bonds is 1. The van der Waals surface area contributed by atoms with E-state index < -0.39 is 20.8 Å². The van der Waals surface area contributed by atoms with E-state index in [2.05, 4.69) is 44.2 Å². The van der Waals surface area contributed by atoms with Crippen LogP contribution in [0.5, 0.6) is 0 Å². The van der Waals surface area contributed by atoms with E-state index in [1.807, 2.05) is 30.3 Å². The largest absolute Gasteiger partial charge is 0.214 e. The van der Waals surface area contributed by atoms with Gasteiger partial charge in [0.1, 0.15) is 0 Å². The van der Waals surface area contributed by atoms with Crippen LogP contribution in [0.25, 0.3) is 10.8 Å². The Morgan fingerprint density at radius 1 is 1.15 bits per heavy atom. The van der Waals surface area contributed by atoms with Gasteiger partial charge in [0.15, 0.2) is 0 Å². The van der Waals surface area contributed by atoms with Crippen molar-refractivity contribution in [2.24, 2.45) is 0 Å². The molecule has 0 saturated carbocycles. The number of hydrogen-bond donors (Lipinski definition) is 0. The molecule has 0 unspecified atom stereocenters. The minimum atomic E-state index is -0.826. The molecule has 3 aromatic carbocycles. The Bertz CT molecular complexity index is 565. The normalized spacial score (nSPS) is 9.00. The van der Waals surface area contributed by atoms with Crippen LogP contribution in [0, 0.1) is 6.92 Å². The smallest absolute Gasteiger partial charge is 0.172 e. The maximum atomic E-state index is 4.93. The summed E-state index contributed by atoms with van der Waals surface area (Å²) in [6.07, 6.45) is 1.13. The van der Waals surface area contributed by atoms with Crippen molar-refractivity contribution < 1.29 is 20.8 Å². The zero-order chi connectivity index (χ0) is 14.8. The first-order chi connectivity index (χ1) is 9.72. The molecular weight excluding hydrogens is 366 g/mol. The zero-order valence-electron chi connectivity index (χ0n) is 11.7. The molecule has 0 heterocycles. The molecule has 0 nitrogen and oxygen atoms in total. The molecule has 0 aliphatic carbocycles. The number of fused-ring (bicyclic) bond motifs is 1. The van der Waals surface area contributed by atoms with E-state index in [1.54, 1.807) is 0 Å². The van der Waals surface area contributed by atoms with Crippen LogP contribution in [0.15, 0.2) is 60.7 Å². The fourth-order valence-corrected chi connectivity index (χ4v) is 2.02. The monoisotopic (exact) mass is 382 g/mol. The molecule has 0 atom stereocenters. The van der Waals surface area contributed by atoms with Crippen LogP contribution in [0.3, 0.4) is 0 Å². The third-order valence-electron chi connectivity index (χ3n) is 2.95. The molecule has 0 bridgehead atoms. The molecule has 0 spiro atoms. The molecule has 20 heavy (non-hydrogen) atoms. The summed E-state index contributed by atoms with van der Waals surface area (Å²) in [7, 11) is 9.87. The van der Waals surface area contributed by atoms with Crippen molar-refractivity contribution in [3.8, 4) is 0 Å². The van der Waals surface area contributed by atoms with Crippen molar-refractivity contribution >= 4 is 27.8 Å². The second-order valence-electron chi connectivity index (χ2n) is 4.34. The third-order valence-corrected chi connectivity index (χ3v) is 2.95. The van der Waals surface area contributed by atoms with Crippen molar-refractivity contribution in [2.75, 3.05) is 0 Å². The molecule has 0 aliphatic rings. The average Bonchev–Trinajstić information content (AvgIpc) is 3.11. The summed E-state index contributed by atoms with van der Waals surface area (Å²) < 4.78 is 0. The first kappa shape index (κ1) is 17.7. The van der Waals surface area contributed by atoms with Gasteiger partial charge in [-0.15, -0.1) is 40.6 Å². The van der Waals surface area contributed by atoms with E-state index in [9.17, 15) is 0 Å². The molecular formula is C17H18Cl2Zr. The van der Waals surface area contributed by atoms with Crippen molar-refractivity contribution in [1.82, 2.24) is 0 Å². The molecule has 3 aromatic rings. The van der Waals surface area contributed by atoms with Gasteiger partial charge in [-0.1, -0.05) is 18.9 Å². The summed E-state index contributed by atoms with van der Waals surface area (Å²) in [6, 6.07) is 21.1. The minimum absolute atomic E-state index is 0.826. The quantitative estimate of drug-likeness (QED) is 0.438. The van der Waals surface area contributed by atoms with E-state index in [0.717, 1.165) is 6.42 Å². The maximum absolute atomic E-state index is 4.93. The average molecular weight is 384 g/mol. The van der Waals surface area contributed by atoms with Crippen LogP contribution in [-0.4, -0.2) is 0 Å². The Balaban J connectivity index is 0.000000208. The van der Waals surface area contributed by atoms with Gasteiger partial charge in [0, 0.05) is 0 Å². The summed E-state index contributed by atoms with van der Waals surface area (Å²) >= 11 is -0.826. The first-order valence-corrected chi connectivity index (χ1v) is 12.8. The third kappa shape index (κ3) is 5.96. The van der Waals surface area contributed by atoms with E-state index in [0.29, 0.717) is 0 Å². The van der Waals surface area contributed by atoms with E-state index in [1.165, 1.54) is 21.9 Å². The van der Waals surface area contributed by atoms with Gasteiger partial charge in [0.2, 0.25) is 0 Å². The molecule has 0 aromatic heterocycles. The molecule has 0 aliphatic heterocycles. The maximum Gasteiger partial charge on any atom is -0.172 e. The Hall–Kier alpha value is -0.357. The minimum Gasteiger partial charge on any atom is -0.214 e. The van der Waals surface area contributed by atoms with Gasteiger partial charge in [-0.3, -0.25) is 0 Å². The van der Waals surface area contributed by atoms with Crippen molar-refractivity contribution in [1.29, 1.82) is 0 Å². The Labute approximate surface area is 140 Å². The van der Waals surface area contributed by atoms with Crippen LogP contribution >= 0.6 is 17.0 Å². The van der Waals surface area contributed by atoms with Crippen LogP contribution in [0.2, 0.25) is 0 Å². The molecule has 0 amide bonds. The van der Waals surface area contributed by atoms with Crippen LogP contribution in [0.1, 0.15) is 18.1 Å². The van der Waals surface area contributed by atoms with E-state index >= 15 is 0 Å². The molecule has 0 N–H and O–H groups in total. The second kappa shape index (κ2) is 10.4.